The van der Waals surface area contributed by atoms with Crippen LogP contribution < -0.4 is 11.1 Å². The predicted molar refractivity (Wildman–Crippen MR) is 316 cm³/mol. The molecule has 11 nitrogen and oxygen atoms in total. The summed E-state index contributed by atoms with van der Waals surface area (Å²) in [5.74, 6) is 0.318. The minimum Gasteiger partial charge on any atom is -0.480 e. The molecule has 0 saturated carbocycles. The van der Waals surface area contributed by atoms with Gasteiger partial charge in [0, 0.05) is 61.8 Å². The fourth-order valence-electron chi connectivity index (χ4n) is 12.0. The highest BCUT2D eigenvalue weighted by Crippen LogP contribution is 2.39. The van der Waals surface area contributed by atoms with Crippen LogP contribution in [0.15, 0.2) is 158 Å². The highest BCUT2D eigenvalue weighted by molar-refractivity contribution is 5.89. The van der Waals surface area contributed by atoms with E-state index in [1.807, 2.05) is 84.2 Å². The smallest absolute Gasteiger partial charge is 0.317 e. The average molecular weight is 1130 g/mol. The molecule has 6 aromatic rings. The number of fused-ring (bicyclic) bond motifs is 2. The Morgan fingerprint density at radius 3 is 1.42 bits per heavy atom. The standard InChI is InChI=1S/C31H35N3O2.C16H18N2.C15H19NO3.4ClH/c1-23(35)31(26-10-3-2-4-11-26)15-18-34(19-16-31)22-30(36)33-29-14-13-25-9-5-6-12-27(25)28(29)20-24-8-7-17-32-21-24;17-16-8-7-13-5-1-2-6-14(13)15(16)10-12-4-3-9-18-11-12;1-12(17)15(13-5-3-2-4-6-13)7-9-16(10-8-15)11-14(18)19;;;;/h2-12,17,21,28-29H,13-16,18-20,22H2,1H3,(H,33,36);1-6,9,11,15-16H,7-8,10,17H2;2-6H,7-11H2,1H3,(H,18,19);4*1H. The Hall–Kier alpha value is -5.50. The van der Waals surface area contributed by atoms with E-state index in [4.69, 9.17) is 10.8 Å². The summed E-state index contributed by atoms with van der Waals surface area (Å²) in [6, 6.07) is 45.9. The van der Waals surface area contributed by atoms with E-state index in [0.29, 0.717) is 38.4 Å². The fraction of sp³-hybridized carbons (Fsp3) is 0.387. The van der Waals surface area contributed by atoms with Crippen molar-refractivity contribution in [2.45, 2.75) is 113 Å². The van der Waals surface area contributed by atoms with Crippen LogP contribution in [0.2, 0.25) is 0 Å². The van der Waals surface area contributed by atoms with E-state index < -0.39 is 16.8 Å². The van der Waals surface area contributed by atoms with Gasteiger partial charge in [0.05, 0.1) is 23.9 Å². The first-order valence-electron chi connectivity index (χ1n) is 26.2. The summed E-state index contributed by atoms with van der Waals surface area (Å²) in [5, 5.41) is 12.2. The van der Waals surface area contributed by atoms with Gasteiger partial charge < -0.3 is 16.2 Å². The molecule has 4 aliphatic rings. The third kappa shape index (κ3) is 16.3. The van der Waals surface area contributed by atoms with Crippen molar-refractivity contribution in [2.24, 2.45) is 5.73 Å². The molecule has 2 aromatic heterocycles. The number of hydrogen-bond acceptors (Lipinski definition) is 9. The number of benzene rings is 4. The first kappa shape index (κ1) is 64.0. The van der Waals surface area contributed by atoms with Crippen molar-refractivity contribution in [3.8, 4) is 0 Å². The van der Waals surface area contributed by atoms with Crippen LogP contribution in [0.5, 0.6) is 0 Å². The number of halogens is 4. The minimum absolute atomic E-state index is 0. The van der Waals surface area contributed by atoms with Crippen molar-refractivity contribution in [3.05, 3.63) is 203 Å². The lowest BCUT2D eigenvalue weighted by Crippen LogP contribution is -2.51. The van der Waals surface area contributed by atoms with Crippen LogP contribution in [0.3, 0.4) is 0 Å². The molecular formula is C62H76Cl4N6O5. The number of likely N-dealkylation sites (tertiary alicyclic amines) is 2. The van der Waals surface area contributed by atoms with Gasteiger partial charge >= 0.3 is 5.97 Å². The van der Waals surface area contributed by atoms with Gasteiger partial charge in [0.25, 0.3) is 0 Å². The number of carboxylic acid groups (broad SMARTS) is 1. The van der Waals surface area contributed by atoms with Crippen LogP contribution in [-0.4, -0.2) is 99.7 Å². The second-order valence-corrected chi connectivity index (χ2v) is 20.6. The molecule has 4 heterocycles. The number of pyridine rings is 2. The third-order valence-electron chi connectivity index (χ3n) is 16.2. The lowest BCUT2D eigenvalue weighted by atomic mass is 9.70. The number of carboxylic acids is 1. The number of amides is 1. The normalized spacial score (nSPS) is 19.9. The molecule has 2 aliphatic heterocycles. The Bertz CT molecular complexity index is 2760. The van der Waals surface area contributed by atoms with Gasteiger partial charge in [0.1, 0.15) is 11.6 Å². The molecule has 4 aromatic carbocycles. The molecular weight excluding hydrogens is 1050 g/mol. The van der Waals surface area contributed by atoms with Crippen molar-refractivity contribution < 1.29 is 24.3 Å². The largest absolute Gasteiger partial charge is 0.480 e. The van der Waals surface area contributed by atoms with Gasteiger partial charge in [-0.05, 0) is 148 Å². The number of hydrogen-bond donors (Lipinski definition) is 3. The van der Waals surface area contributed by atoms with E-state index in [1.165, 1.54) is 33.4 Å². The van der Waals surface area contributed by atoms with Gasteiger partial charge in [0.2, 0.25) is 5.91 Å². The van der Waals surface area contributed by atoms with Gasteiger partial charge in [-0.25, -0.2) is 0 Å². The maximum absolute atomic E-state index is 13.2. The van der Waals surface area contributed by atoms with Gasteiger partial charge in [-0.15, -0.1) is 49.6 Å². The van der Waals surface area contributed by atoms with Gasteiger partial charge in [-0.1, -0.05) is 121 Å². The molecule has 77 heavy (non-hydrogen) atoms. The van der Waals surface area contributed by atoms with Crippen molar-refractivity contribution in [1.29, 1.82) is 0 Å². The Morgan fingerprint density at radius 1 is 0.558 bits per heavy atom. The number of carbonyl (C=O) groups is 4. The average Bonchev–Trinajstić information content (AvgIpc) is 3.43. The van der Waals surface area contributed by atoms with Crippen molar-refractivity contribution in [2.75, 3.05) is 39.3 Å². The zero-order chi connectivity index (χ0) is 51.2. The van der Waals surface area contributed by atoms with Crippen LogP contribution in [0.1, 0.15) is 109 Å². The summed E-state index contributed by atoms with van der Waals surface area (Å²) < 4.78 is 0. The number of aromatic nitrogens is 2. The van der Waals surface area contributed by atoms with Crippen LogP contribution >= 0.6 is 49.6 Å². The second kappa shape index (κ2) is 30.6. The van der Waals surface area contributed by atoms with E-state index in [2.05, 4.69) is 93.0 Å². The second-order valence-electron chi connectivity index (χ2n) is 20.6. The summed E-state index contributed by atoms with van der Waals surface area (Å²) in [6.45, 7) is 6.58. The monoisotopic (exact) mass is 1120 g/mol. The number of Topliss-reactive ketones (excluding diaryl/α,β-unsaturated/α-hetero) is 2. The summed E-state index contributed by atoms with van der Waals surface area (Å²) in [4.78, 5) is 61.3. The van der Waals surface area contributed by atoms with Crippen LogP contribution in [0.4, 0.5) is 0 Å². The topological polar surface area (TPSA) is 159 Å². The van der Waals surface area contributed by atoms with E-state index in [9.17, 15) is 19.2 Å². The summed E-state index contributed by atoms with van der Waals surface area (Å²) in [6.07, 6.45) is 16.3. The van der Waals surface area contributed by atoms with Crippen LogP contribution in [0, 0.1) is 0 Å². The Kier molecular flexibility index (Phi) is 25.4. The molecule has 412 valence electrons. The highest BCUT2D eigenvalue weighted by atomic mass is 35.5. The van der Waals surface area contributed by atoms with Gasteiger partial charge in [-0.2, -0.15) is 0 Å². The zero-order valence-electron chi connectivity index (χ0n) is 44.2. The van der Waals surface area contributed by atoms with E-state index >= 15 is 0 Å². The molecule has 0 radical (unpaired) electrons. The number of aliphatic carboxylic acids is 1. The van der Waals surface area contributed by atoms with Crippen LogP contribution in [0.25, 0.3) is 0 Å². The SMILES string of the molecule is CC(=O)C1(c2ccccc2)CCN(CC(=O)NC2CCc3ccccc3C2Cc2cccnc2)CC1.CC(=O)C1(c2ccccc2)CCN(CC(=O)O)CC1.Cl.Cl.Cl.Cl.NC1CCc2ccccc2C1Cc1cccnc1. The number of carbonyl (C=O) groups excluding carboxylic acids is 3. The maximum Gasteiger partial charge on any atom is 0.317 e. The van der Waals surface area contributed by atoms with Crippen molar-refractivity contribution in [3.63, 3.8) is 0 Å². The van der Waals surface area contributed by atoms with Crippen molar-refractivity contribution in [1.82, 2.24) is 25.1 Å². The first-order chi connectivity index (χ1) is 35.4. The Balaban J connectivity index is 0.000000266. The van der Waals surface area contributed by atoms with Crippen LogP contribution in [-0.2, 0) is 55.7 Å². The molecule has 10 rings (SSSR count). The molecule has 15 heteroatoms. The lowest BCUT2D eigenvalue weighted by molar-refractivity contribution is -0.139. The number of piperidine rings is 2. The number of aryl methyl sites for hydroxylation is 2. The van der Waals surface area contributed by atoms with E-state index in [1.54, 1.807) is 20.0 Å². The number of nitrogens with two attached hydrogens (primary N) is 1. The number of nitrogens with zero attached hydrogens (tertiary/aromatic N) is 4. The third-order valence-corrected chi connectivity index (χ3v) is 16.2. The number of rotatable bonds is 13. The molecule has 2 aliphatic carbocycles. The van der Waals surface area contributed by atoms with Gasteiger partial charge in [0.15, 0.2) is 0 Å². The molecule has 4 unspecified atom stereocenters. The molecule has 4 N–H and O–H groups in total. The summed E-state index contributed by atoms with van der Waals surface area (Å²) in [5.41, 5.74) is 15.7. The fourth-order valence-corrected chi connectivity index (χ4v) is 12.0. The maximum atomic E-state index is 13.2. The Morgan fingerprint density at radius 2 is 0.974 bits per heavy atom. The minimum atomic E-state index is -0.810. The molecule has 2 saturated heterocycles. The quantitative estimate of drug-likeness (QED) is 0.102. The van der Waals surface area contributed by atoms with E-state index in [0.717, 1.165) is 75.6 Å². The molecule has 1 amide bonds. The van der Waals surface area contributed by atoms with E-state index in [-0.39, 0.29) is 91.6 Å². The predicted octanol–water partition coefficient (Wildman–Crippen LogP) is 10.5. The molecule has 2 fully saturated rings. The molecule has 0 spiro atoms. The van der Waals surface area contributed by atoms with Gasteiger partial charge in [-0.3, -0.25) is 38.9 Å². The highest BCUT2D eigenvalue weighted by Gasteiger charge is 2.42. The Labute approximate surface area is 480 Å². The first-order valence-corrected chi connectivity index (χ1v) is 26.2. The zero-order valence-corrected chi connectivity index (χ0v) is 47.5. The number of ketones is 2. The summed E-state index contributed by atoms with van der Waals surface area (Å²) >= 11 is 0. The van der Waals surface area contributed by atoms with Crippen molar-refractivity contribution >= 4 is 73.1 Å². The number of nitrogens with one attached hydrogen (secondary N) is 1. The molecule has 4 atom stereocenters. The summed E-state index contributed by atoms with van der Waals surface area (Å²) in [7, 11) is 0. The molecule has 0 bridgehead atoms. The lowest BCUT2D eigenvalue weighted by Gasteiger charge is -2.41.